The summed E-state index contributed by atoms with van der Waals surface area (Å²) in [4.78, 5) is 37.7. The number of hydrogen-bond donors (Lipinski definition) is 1. The third-order valence-electron chi connectivity index (χ3n) is 6.24. The molecule has 0 saturated carbocycles. The van der Waals surface area contributed by atoms with Gasteiger partial charge in [0.1, 0.15) is 5.58 Å². The molecule has 156 valence electrons. The van der Waals surface area contributed by atoms with Gasteiger partial charge in [-0.1, -0.05) is 19.1 Å². The Morgan fingerprint density at radius 2 is 2.10 bits per heavy atom. The van der Waals surface area contributed by atoms with Crippen molar-refractivity contribution in [3.63, 3.8) is 0 Å². The van der Waals surface area contributed by atoms with Gasteiger partial charge in [-0.2, -0.15) is 0 Å². The predicted molar refractivity (Wildman–Crippen MR) is 116 cm³/mol. The minimum Gasteiger partial charge on any atom is -0.464 e. The fourth-order valence-corrected chi connectivity index (χ4v) is 4.60. The molecule has 30 heavy (non-hydrogen) atoms. The number of para-hydroxylation sites is 1. The van der Waals surface area contributed by atoms with E-state index in [1.807, 2.05) is 12.1 Å². The van der Waals surface area contributed by atoms with Crippen molar-refractivity contribution in [3.8, 4) is 0 Å². The topological polar surface area (TPSA) is 82.4 Å². The summed E-state index contributed by atoms with van der Waals surface area (Å²) >= 11 is 0. The average molecular weight is 406 g/mol. The van der Waals surface area contributed by atoms with E-state index < -0.39 is 0 Å². The molecule has 4 heterocycles. The van der Waals surface area contributed by atoms with Crippen LogP contribution in [-0.2, 0) is 19.5 Å². The van der Waals surface area contributed by atoms with Crippen LogP contribution in [0.15, 0.2) is 44.5 Å². The van der Waals surface area contributed by atoms with Gasteiger partial charge in [-0.05, 0) is 30.9 Å². The number of nitrogens with one attached hydrogen (secondary N) is 1. The molecule has 0 bridgehead atoms. The third kappa shape index (κ3) is 3.54. The largest absolute Gasteiger partial charge is 0.464 e. The summed E-state index contributed by atoms with van der Waals surface area (Å²) in [5, 5.41) is 0.590. The average Bonchev–Trinajstić information content (AvgIpc) is 2.76. The van der Waals surface area contributed by atoms with Crippen molar-refractivity contribution in [2.75, 3.05) is 24.5 Å². The lowest BCUT2D eigenvalue weighted by atomic mass is 10.0. The number of aromatic amines is 1. The van der Waals surface area contributed by atoms with E-state index in [1.165, 1.54) is 6.42 Å². The Morgan fingerprint density at radius 3 is 2.97 bits per heavy atom. The van der Waals surface area contributed by atoms with Gasteiger partial charge in [0.05, 0.1) is 22.9 Å². The number of fused-ring (bicyclic) bond motifs is 2. The molecule has 1 aromatic carbocycles. The SMILES string of the molecule is CC1CCCN(c2nc3c(c(=O)[nH]2)CN(Cc2coc4ccccc4c2=O)CC3)C1. The van der Waals surface area contributed by atoms with Crippen LogP contribution in [0.25, 0.3) is 11.0 Å². The number of anilines is 1. The number of hydrogen-bond acceptors (Lipinski definition) is 6. The van der Waals surface area contributed by atoms with E-state index in [9.17, 15) is 9.59 Å². The highest BCUT2D eigenvalue weighted by Gasteiger charge is 2.25. The van der Waals surface area contributed by atoms with Crippen molar-refractivity contribution >= 4 is 16.9 Å². The van der Waals surface area contributed by atoms with Crippen LogP contribution >= 0.6 is 0 Å². The monoisotopic (exact) mass is 406 g/mol. The maximum atomic E-state index is 12.8. The molecule has 2 aliphatic rings. The summed E-state index contributed by atoms with van der Waals surface area (Å²) in [6, 6.07) is 7.27. The first kappa shape index (κ1) is 19.1. The second kappa shape index (κ2) is 7.72. The van der Waals surface area contributed by atoms with Crippen LogP contribution in [-0.4, -0.2) is 34.5 Å². The Bertz CT molecular complexity index is 1200. The predicted octanol–water partition coefficient (Wildman–Crippen LogP) is 2.67. The minimum atomic E-state index is -0.0662. The van der Waals surface area contributed by atoms with Gasteiger partial charge in [0.25, 0.3) is 5.56 Å². The van der Waals surface area contributed by atoms with Gasteiger partial charge in [-0.25, -0.2) is 4.98 Å². The van der Waals surface area contributed by atoms with Crippen LogP contribution < -0.4 is 15.9 Å². The van der Waals surface area contributed by atoms with Crippen molar-refractivity contribution in [2.24, 2.45) is 5.92 Å². The third-order valence-corrected chi connectivity index (χ3v) is 6.24. The van der Waals surface area contributed by atoms with Crippen molar-refractivity contribution in [1.29, 1.82) is 0 Å². The second-order valence-electron chi connectivity index (χ2n) is 8.56. The van der Waals surface area contributed by atoms with Gasteiger partial charge in [0.2, 0.25) is 5.95 Å². The summed E-state index contributed by atoms with van der Waals surface area (Å²) < 4.78 is 5.64. The highest BCUT2D eigenvalue weighted by atomic mass is 16.3. The Balaban J connectivity index is 1.37. The summed E-state index contributed by atoms with van der Waals surface area (Å²) in [5.74, 6) is 1.32. The van der Waals surface area contributed by atoms with Crippen LogP contribution in [0.4, 0.5) is 5.95 Å². The molecule has 1 fully saturated rings. The number of aromatic nitrogens is 2. The molecular weight excluding hydrogens is 380 g/mol. The van der Waals surface area contributed by atoms with Crippen LogP contribution in [0.1, 0.15) is 36.6 Å². The van der Waals surface area contributed by atoms with Crippen molar-refractivity contribution in [2.45, 2.75) is 39.3 Å². The zero-order valence-electron chi connectivity index (χ0n) is 17.2. The number of rotatable bonds is 3. The minimum absolute atomic E-state index is 0.00996. The van der Waals surface area contributed by atoms with Crippen molar-refractivity contribution in [1.82, 2.24) is 14.9 Å². The highest BCUT2D eigenvalue weighted by molar-refractivity contribution is 5.76. The number of benzene rings is 1. The number of nitrogens with zero attached hydrogens (tertiary/aromatic N) is 3. The molecule has 0 amide bonds. The van der Waals surface area contributed by atoms with Gasteiger partial charge in [-0.15, -0.1) is 0 Å². The Morgan fingerprint density at radius 1 is 1.23 bits per heavy atom. The van der Waals surface area contributed by atoms with E-state index in [0.29, 0.717) is 53.5 Å². The molecule has 7 nitrogen and oxygen atoms in total. The molecule has 5 rings (SSSR count). The summed E-state index contributed by atoms with van der Waals surface area (Å²) in [7, 11) is 0. The van der Waals surface area contributed by atoms with Gasteiger partial charge >= 0.3 is 0 Å². The quantitative estimate of drug-likeness (QED) is 0.720. The second-order valence-corrected chi connectivity index (χ2v) is 8.56. The van der Waals surface area contributed by atoms with E-state index in [4.69, 9.17) is 9.40 Å². The fraction of sp³-hybridized carbons (Fsp3) is 0.435. The smallest absolute Gasteiger partial charge is 0.257 e. The fourth-order valence-electron chi connectivity index (χ4n) is 4.60. The highest BCUT2D eigenvalue weighted by Crippen LogP contribution is 2.22. The van der Waals surface area contributed by atoms with Crippen molar-refractivity contribution in [3.05, 3.63) is 67.9 Å². The summed E-state index contributed by atoms with van der Waals surface area (Å²) in [6.07, 6.45) is 4.60. The maximum Gasteiger partial charge on any atom is 0.257 e. The van der Waals surface area contributed by atoms with E-state index in [-0.39, 0.29) is 11.0 Å². The van der Waals surface area contributed by atoms with E-state index in [1.54, 1.807) is 18.4 Å². The molecule has 2 aromatic heterocycles. The Labute approximate surface area is 174 Å². The molecule has 0 radical (unpaired) electrons. The van der Waals surface area contributed by atoms with Crippen LogP contribution in [0.2, 0.25) is 0 Å². The molecule has 1 atom stereocenters. The lowest BCUT2D eigenvalue weighted by molar-refractivity contribution is 0.239. The summed E-state index contributed by atoms with van der Waals surface area (Å²) in [5.41, 5.74) is 2.72. The standard InChI is InChI=1S/C23H26N4O3/c1-15-5-4-9-27(11-15)23-24-19-8-10-26(13-18(19)22(29)25-23)12-16-14-30-20-7-3-2-6-17(20)21(16)28/h2-3,6-7,14-15H,4-5,8-13H2,1H3,(H,24,25,29). The molecule has 0 aliphatic carbocycles. The molecular formula is C23H26N4O3. The van der Waals surface area contributed by atoms with E-state index >= 15 is 0 Å². The normalized spacial score (nSPS) is 19.8. The number of piperidine rings is 1. The first-order valence-corrected chi connectivity index (χ1v) is 10.7. The lowest BCUT2D eigenvalue weighted by Crippen LogP contribution is -2.40. The molecule has 1 N–H and O–H groups in total. The van der Waals surface area contributed by atoms with E-state index in [0.717, 1.165) is 31.7 Å². The van der Waals surface area contributed by atoms with Crippen LogP contribution in [0.5, 0.6) is 0 Å². The molecule has 2 aliphatic heterocycles. The lowest BCUT2D eigenvalue weighted by Gasteiger charge is -2.33. The molecule has 0 spiro atoms. The van der Waals surface area contributed by atoms with Crippen LogP contribution in [0.3, 0.4) is 0 Å². The maximum absolute atomic E-state index is 12.8. The van der Waals surface area contributed by atoms with E-state index in [2.05, 4.69) is 21.7 Å². The Hall–Kier alpha value is -2.93. The van der Waals surface area contributed by atoms with Crippen molar-refractivity contribution < 1.29 is 4.42 Å². The van der Waals surface area contributed by atoms with Gasteiger partial charge in [0, 0.05) is 44.7 Å². The molecule has 1 unspecified atom stereocenters. The van der Waals surface area contributed by atoms with Gasteiger partial charge < -0.3 is 9.32 Å². The van der Waals surface area contributed by atoms with Crippen LogP contribution in [0, 0.1) is 5.92 Å². The summed E-state index contributed by atoms with van der Waals surface area (Å²) in [6.45, 7) is 5.81. The molecule has 1 saturated heterocycles. The van der Waals surface area contributed by atoms with Gasteiger partial charge in [-0.3, -0.25) is 19.5 Å². The zero-order chi connectivity index (χ0) is 20.7. The molecule has 7 heteroatoms. The first-order valence-electron chi connectivity index (χ1n) is 10.7. The number of H-pyrrole nitrogens is 1. The zero-order valence-corrected chi connectivity index (χ0v) is 17.2. The molecule has 3 aromatic rings. The Kier molecular flexibility index (Phi) is 4.90. The first-order chi connectivity index (χ1) is 14.6. The van der Waals surface area contributed by atoms with Gasteiger partial charge in [0.15, 0.2) is 5.43 Å².